The Hall–Kier alpha value is -2.54. The number of aromatic nitrogens is 5. The first-order valence-corrected chi connectivity index (χ1v) is 8.64. The molecule has 7 heteroatoms. The summed E-state index contributed by atoms with van der Waals surface area (Å²) >= 11 is 3.47. The SMILES string of the molecule is C=CCn1c(C)cc(C(=O)Cn2nnc(-c3ccccc3Br)n2)c1C. The van der Waals surface area contributed by atoms with Crippen LogP contribution >= 0.6 is 15.9 Å². The third kappa shape index (κ3) is 3.46. The van der Waals surface area contributed by atoms with Gasteiger partial charge in [-0.25, -0.2) is 0 Å². The van der Waals surface area contributed by atoms with E-state index in [9.17, 15) is 4.79 Å². The first-order valence-electron chi connectivity index (χ1n) is 7.84. The van der Waals surface area contributed by atoms with Crippen LogP contribution in [0.2, 0.25) is 0 Å². The summed E-state index contributed by atoms with van der Waals surface area (Å²) in [5, 5.41) is 12.4. The molecule has 2 aromatic heterocycles. The molecule has 2 heterocycles. The summed E-state index contributed by atoms with van der Waals surface area (Å²) in [5.74, 6) is 0.442. The van der Waals surface area contributed by atoms with Crippen LogP contribution in [0.15, 0.2) is 47.5 Å². The number of halogens is 1. The largest absolute Gasteiger partial charge is 0.345 e. The molecular weight excluding hydrogens is 382 g/mol. The molecule has 3 rings (SSSR count). The third-order valence-corrected chi connectivity index (χ3v) is 4.73. The number of allylic oxidation sites excluding steroid dienone is 1. The fraction of sp³-hybridized carbons (Fsp3) is 0.222. The maximum atomic E-state index is 12.6. The van der Waals surface area contributed by atoms with Crippen molar-refractivity contribution in [1.29, 1.82) is 0 Å². The second kappa shape index (κ2) is 7.14. The first-order chi connectivity index (χ1) is 12.0. The second-order valence-electron chi connectivity index (χ2n) is 5.73. The molecule has 0 atom stereocenters. The summed E-state index contributed by atoms with van der Waals surface area (Å²) < 4.78 is 2.94. The minimum Gasteiger partial charge on any atom is -0.345 e. The van der Waals surface area contributed by atoms with Gasteiger partial charge in [-0.2, -0.15) is 4.80 Å². The number of rotatable bonds is 6. The quantitative estimate of drug-likeness (QED) is 0.469. The van der Waals surface area contributed by atoms with Crippen LogP contribution in [0.1, 0.15) is 21.7 Å². The number of tetrazole rings is 1. The number of ketones is 1. The summed E-state index contributed by atoms with van der Waals surface area (Å²) in [7, 11) is 0. The van der Waals surface area contributed by atoms with Gasteiger partial charge in [0.1, 0.15) is 6.54 Å². The van der Waals surface area contributed by atoms with Gasteiger partial charge in [0.05, 0.1) is 0 Å². The molecule has 1 aromatic carbocycles. The van der Waals surface area contributed by atoms with E-state index in [2.05, 4.69) is 42.5 Å². The van der Waals surface area contributed by atoms with E-state index >= 15 is 0 Å². The molecule has 128 valence electrons. The zero-order valence-corrected chi connectivity index (χ0v) is 15.7. The van der Waals surface area contributed by atoms with E-state index in [-0.39, 0.29) is 12.3 Å². The van der Waals surface area contributed by atoms with Crippen molar-refractivity contribution in [3.8, 4) is 11.4 Å². The van der Waals surface area contributed by atoms with Gasteiger partial charge >= 0.3 is 0 Å². The Kier molecular flexibility index (Phi) is 4.94. The number of benzene rings is 1. The van der Waals surface area contributed by atoms with Crippen molar-refractivity contribution in [3.63, 3.8) is 0 Å². The van der Waals surface area contributed by atoms with Crippen molar-refractivity contribution >= 4 is 21.7 Å². The fourth-order valence-corrected chi connectivity index (χ4v) is 3.23. The number of aryl methyl sites for hydroxylation is 1. The minimum absolute atomic E-state index is 0.0421. The number of nitrogens with zero attached hydrogens (tertiary/aromatic N) is 5. The first kappa shape index (κ1) is 17.3. The summed E-state index contributed by atoms with van der Waals surface area (Å²) in [6.07, 6.45) is 1.82. The molecule has 0 aliphatic heterocycles. The van der Waals surface area contributed by atoms with E-state index < -0.39 is 0 Å². The topological polar surface area (TPSA) is 65.6 Å². The molecule has 3 aromatic rings. The van der Waals surface area contributed by atoms with E-state index in [4.69, 9.17) is 0 Å². The van der Waals surface area contributed by atoms with Crippen LogP contribution in [0.25, 0.3) is 11.4 Å². The van der Waals surface area contributed by atoms with E-state index in [1.165, 1.54) is 4.80 Å². The molecule has 0 saturated carbocycles. The lowest BCUT2D eigenvalue weighted by molar-refractivity contribution is 0.0960. The highest BCUT2D eigenvalue weighted by atomic mass is 79.9. The lowest BCUT2D eigenvalue weighted by Gasteiger charge is -2.06. The van der Waals surface area contributed by atoms with Gasteiger partial charge in [0.25, 0.3) is 0 Å². The highest BCUT2D eigenvalue weighted by Crippen LogP contribution is 2.24. The van der Waals surface area contributed by atoms with Gasteiger partial charge in [-0.3, -0.25) is 4.79 Å². The minimum atomic E-state index is -0.0421. The Morgan fingerprint density at radius 1 is 1.32 bits per heavy atom. The van der Waals surface area contributed by atoms with Gasteiger partial charge in [0.2, 0.25) is 5.82 Å². The van der Waals surface area contributed by atoms with Crippen LogP contribution in [-0.4, -0.2) is 30.6 Å². The Balaban J connectivity index is 1.82. The Morgan fingerprint density at radius 2 is 2.08 bits per heavy atom. The molecule has 0 bridgehead atoms. The van der Waals surface area contributed by atoms with Crippen molar-refractivity contribution in [1.82, 2.24) is 24.8 Å². The zero-order valence-electron chi connectivity index (χ0n) is 14.1. The molecule has 0 radical (unpaired) electrons. The number of carbonyl (C=O) groups is 1. The van der Waals surface area contributed by atoms with Crippen molar-refractivity contribution in [2.45, 2.75) is 26.9 Å². The monoisotopic (exact) mass is 399 g/mol. The van der Waals surface area contributed by atoms with E-state index in [0.29, 0.717) is 17.9 Å². The average molecular weight is 400 g/mol. The zero-order chi connectivity index (χ0) is 18.0. The molecule has 0 unspecified atom stereocenters. The van der Waals surface area contributed by atoms with Crippen molar-refractivity contribution < 1.29 is 4.79 Å². The van der Waals surface area contributed by atoms with Gasteiger partial charge in [0.15, 0.2) is 5.78 Å². The normalized spacial score (nSPS) is 10.8. The number of hydrogen-bond donors (Lipinski definition) is 0. The molecular formula is C18H18BrN5O. The Morgan fingerprint density at radius 3 is 2.80 bits per heavy atom. The van der Waals surface area contributed by atoms with E-state index in [1.807, 2.05) is 50.3 Å². The molecule has 0 amide bonds. The average Bonchev–Trinajstić information content (AvgIpc) is 3.15. The highest BCUT2D eigenvalue weighted by Gasteiger charge is 2.17. The molecule has 0 spiro atoms. The van der Waals surface area contributed by atoms with Crippen LogP contribution in [-0.2, 0) is 13.1 Å². The third-order valence-electron chi connectivity index (χ3n) is 4.04. The predicted molar refractivity (Wildman–Crippen MR) is 99.4 cm³/mol. The molecule has 0 aliphatic carbocycles. The summed E-state index contributed by atoms with van der Waals surface area (Å²) in [6.45, 7) is 8.40. The lowest BCUT2D eigenvalue weighted by atomic mass is 10.1. The Labute approximate surface area is 154 Å². The molecule has 0 saturated heterocycles. The smallest absolute Gasteiger partial charge is 0.206 e. The lowest BCUT2D eigenvalue weighted by Crippen LogP contribution is -2.14. The predicted octanol–water partition coefficient (Wildman–Crippen LogP) is 3.59. The molecule has 0 fully saturated rings. The second-order valence-corrected chi connectivity index (χ2v) is 6.58. The van der Waals surface area contributed by atoms with Gasteiger partial charge < -0.3 is 4.57 Å². The summed E-state index contributed by atoms with van der Waals surface area (Å²) in [6, 6.07) is 9.53. The van der Waals surface area contributed by atoms with Crippen LogP contribution in [0.5, 0.6) is 0 Å². The molecule has 0 aliphatic rings. The summed E-state index contributed by atoms with van der Waals surface area (Å²) in [5.41, 5.74) is 3.47. The summed E-state index contributed by atoms with van der Waals surface area (Å²) in [4.78, 5) is 14.0. The standard InChI is InChI=1S/C18H18BrN5O/c1-4-9-23-12(2)10-15(13(23)3)17(25)11-24-21-18(20-22-24)14-7-5-6-8-16(14)19/h4-8,10H,1,9,11H2,2-3H3. The molecule has 0 N–H and O–H groups in total. The number of Topliss-reactive ketones (excluding diaryl/α,β-unsaturated/α-hetero) is 1. The molecule has 25 heavy (non-hydrogen) atoms. The van der Waals surface area contributed by atoms with Gasteiger partial charge in [0, 0.05) is 33.5 Å². The van der Waals surface area contributed by atoms with Crippen molar-refractivity contribution in [2.24, 2.45) is 0 Å². The van der Waals surface area contributed by atoms with Crippen LogP contribution in [0.3, 0.4) is 0 Å². The van der Waals surface area contributed by atoms with Crippen LogP contribution in [0, 0.1) is 13.8 Å². The Bertz CT molecular complexity index is 941. The van der Waals surface area contributed by atoms with Gasteiger partial charge in [-0.15, -0.1) is 16.8 Å². The van der Waals surface area contributed by atoms with Crippen LogP contribution in [0.4, 0.5) is 0 Å². The van der Waals surface area contributed by atoms with Gasteiger partial charge in [-0.1, -0.05) is 34.1 Å². The van der Waals surface area contributed by atoms with E-state index in [0.717, 1.165) is 21.4 Å². The fourth-order valence-electron chi connectivity index (χ4n) is 2.77. The number of carbonyl (C=O) groups excluding carboxylic acids is 1. The molecule has 6 nitrogen and oxygen atoms in total. The highest BCUT2D eigenvalue weighted by molar-refractivity contribution is 9.10. The van der Waals surface area contributed by atoms with Gasteiger partial charge in [-0.05, 0) is 37.3 Å². The maximum Gasteiger partial charge on any atom is 0.206 e. The van der Waals surface area contributed by atoms with E-state index in [1.54, 1.807) is 0 Å². The van der Waals surface area contributed by atoms with Crippen LogP contribution < -0.4 is 0 Å². The van der Waals surface area contributed by atoms with Crippen molar-refractivity contribution in [3.05, 3.63) is 64.4 Å². The maximum absolute atomic E-state index is 12.6. The number of hydrogen-bond acceptors (Lipinski definition) is 4. The van der Waals surface area contributed by atoms with Crippen molar-refractivity contribution in [2.75, 3.05) is 0 Å².